The van der Waals surface area contributed by atoms with Crippen LogP contribution in [0.2, 0.25) is 0 Å². The Balaban J connectivity index is 0.000000173. The van der Waals surface area contributed by atoms with Crippen molar-refractivity contribution in [2.45, 2.75) is 0 Å². The van der Waals surface area contributed by atoms with E-state index >= 15 is 0 Å². The molecule has 0 aromatic heterocycles. The molecule has 0 aliphatic carbocycles. The molecule has 0 aliphatic rings. The van der Waals surface area contributed by atoms with Crippen LogP contribution in [0.25, 0.3) is 0 Å². The summed E-state index contributed by atoms with van der Waals surface area (Å²) in [6.07, 6.45) is 0. The molecule has 4 aromatic carbocycles. The largest absolute Gasteiger partial charge is 2.00 e. The SMILES string of the molecule is [Fe+2].c1ccc(P[c-]2cccc2)cc1.c1ccc(P[c-]2cccc2)cc1. The number of benzene rings is 2. The minimum absolute atomic E-state index is 0. The molecule has 3 heteroatoms. The summed E-state index contributed by atoms with van der Waals surface area (Å²) in [5.74, 6) is 0. The van der Waals surface area contributed by atoms with Crippen LogP contribution in [0.15, 0.2) is 109 Å². The van der Waals surface area contributed by atoms with E-state index in [9.17, 15) is 0 Å². The fourth-order valence-corrected chi connectivity index (χ4v) is 4.39. The first-order valence-electron chi connectivity index (χ1n) is 7.98. The molecule has 0 fully saturated rings. The van der Waals surface area contributed by atoms with Crippen molar-refractivity contribution in [1.82, 2.24) is 0 Å². The minimum atomic E-state index is 0. The minimum Gasteiger partial charge on any atom is -0.213 e. The molecule has 0 spiro atoms. The Morgan fingerprint density at radius 2 is 0.760 bits per heavy atom. The first-order chi connectivity index (χ1) is 11.9. The van der Waals surface area contributed by atoms with Gasteiger partial charge in [-0.15, -0.1) is 27.8 Å². The summed E-state index contributed by atoms with van der Waals surface area (Å²) in [5, 5.41) is 5.65. The van der Waals surface area contributed by atoms with Crippen molar-refractivity contribution < 1.29 is 17.1 Å². The van der Waals surface area contributed by atoms with Crippen LogP contribution in [-0.4, -0.2) is 0 Å². The molecule has 0 nitrogen and oxygen atoms in total. The fourth-order valence-electron chi connectivity index (χ4n) is 2.29. The zero-order valence-corrected chi connectivity index (χ0v) is 16.9. The van der Waals surface area contributed by atoms with Crippen molar-refractivity contribution in [2.75, 3.05) is 0 Å². The molecule has 25 heavy (non-hydrogen) atoms. The van der Waals surface area contributed by atoms with Gasteiger partial charge in [-0.1, -0.05) is 60.7 Å². The Morgan fingerprint density at radius 1 is 0.440 bits per heavy atom. The van der Waals surface area contributed by atoms with Crippen LogP contribution in [0.3, 0.4) is 0 Å². The van der Waals surface area contributed by atoms with E-state index in [-0.39, 0.29) is 17.1 Å². The van der Waals surface area contributed by atoms with Crippen LogP contribution >= 0.6 is 17.2 Å². The van der Waals surface area contributed by atoms with E-state index in [1.165, 1.54) is 21.2 Å². The predicted octanol–water partition coefficient (Wildman–Crippen LogP) is 4.07. The molecule has 0 bridgehead atoms. The number of hydrogen-bond donors (Lipinski definition) is 0. The maximum absolute atomic E-state index is 2.17. The molecule has 0 N–H and O–H groups in total. The quantitative estimate of drug-likeness (QED) is 0.274. The van der Waals surface area contributed by atoms with Crippen molar-refractivity contribution >= 4 is 38.4 Å². The van der Waals surface area contributed by atoms with E-state index in [1.807, 2.05) is 0 Å². The summed E-state index contributed by atoms with van der Waals surface area (Å²) in [5.41, 5.74) is 0. The van der Waals surface area contributed by atoms with E-state index in [0.29, 0.717) is 0 Å². The van der Waals surface area contributed by atoms with Gasteiger partial charge in [0.2, 0.25) is 0 Å². The van der Waals surface area contributed by atoms with Gasteiger partial charge in [0.25, 0.3) is 0 Å². The van der Waals surface area contributed by atoms with Crippen molar-refractivity contribution in [1.29, 1.82) is 0 Å². The van der Waals surface area contributed by atoms with Crippen LogP contribution in [0.1, 0.15) is 0 Å². The van der Waals surface area contributed by atoms with E-state index < -0.39 is 0 Å². The Bertz CT molecular complexity index is 720. The normalized spacial score (nSPS) is 10.6. The smallest absolute Gasteiger partial charge is 0.213 e. The zero-order valence-electron chi connectivity index (χ0n) is 13.7. The second-order valence-electron chi connectivity index (χ2n) is 5.33. The molecule has 0 amide bonds. The molecule has 0 heterocycles. The monoisotopic (exact) mass is 402 g/mol. The van der Waals surface area contributed by atoms with Gasteiger partial charge in [-0.2, -0.15) is 24.3 Å². The van der Waals surface area contributed by atoms with Crippen molar-refractivity contribution in [3.63, 3.8) is 0 Å². The molecule has 0 saturated carbocycles. The molecule has 2 unspecified atom stereocenters. The fraction of sp³-hybridized carbons (Fsp3) is 0. The predicted molar refractivity (Wildman–Crippen MR) is 112 cm³/mol. The molecular formula is C22H20FeP2. The van der Waals surface area contributed by atoms with Gasteiger partial charge >= 0.3 is 17.1 Å². The molecule has 0 saturated heterocycles. The Labute approximate surface area is 164 Å². The second kappa shape index (κ2) is 11.2. The maximum atomic E-state index is 2.17. The summed E-state index contributed by atoms with van der Waals surface area (Å²) >= 11 is 0. The van der Waals surface area contributed by atoms with Crippen LogP contribution < -0.4 is 21.2 Å². The van der Waals surface area contributed by atoms with Crippen molar-refractivity contribution in [3.8, 4) is 0 Å². The van der Waals surface area contributed by atoms with Gasteiger partial charge in [0, 0.05) is 0 Å². The summed E-state index contributed by atoms with van der Waals surface area (Å²) in [7, 11) is 1.60. The summed E-state index contributed by atoms with van der Waals surface area (Å²) in [6.45, 7) is 0. The first kappa shape index (κ1) is 19.8. The number of hydrogen-bond acceptors (Lipinski definition) is 0. The second-order valence-corrected chi connectivity index (χ2v) is 8.14. The Morgan fingerprint density at radius 3 is 1.08 bits per heavy atom. The van der Waals surface area contributed by atoms with E-state index in [1.54, 1.807) is 0 Å². The van der Waals surface area contributed by atoms with Gasteiger partial charge in [-0.3, -0.25) is 0 Å². The Hall–Kier alpha value is -1.48. The van der Waals surface area contributed by atoms with E-state index in [2.05, 4.69) is 109 Å². The third-order valence-electron chi connectivity index (χ3n) is 3.45. The van der Waals surface area contributed by atoms with Crippen molar-refractivity contribution in [3.05, 3.63) is 109 Å². The maximum Gasteiger partial charge on any atom is 2.00 e. The summed E-state index contributed by atoms with van der Waals surface area (Å²) in [4.78, 5) is 0. The van der Waals surface area contributed by atoms with Gasteiger partial charge in [0.15, 0.2) is 0 Å². The topological polar surface area (TPSA) is 0 Å². The summed E-state index contributed by atoms with van der Waals surface area (Å²) < 4.78 is 0. The van der Waals surface area contributed by atoms with E-state index in [0.717, 1.165) is 17.2 Å². The average Bonchev–Trinajstić information content (AvgIpc) is 3.32. The molecule has 0 radical (unpaired) electrons. The van der Waals surface area contributed by atoms with Gasteiger partial charge in [-0.25, -0.2) is 24.3 Å². The third-order valence-corrected chi connectivity index (χ3v) is 5.94. The third kappa shape index (κ3) is 7.11. The molecule has 2 atom stereocenters. The summed E-state index contributed by atoms with van der Waals surface area (Å²) in [6, 6.07) is 38.2. The molecular weight excluding hydrogens is 382 g/mol. The van der Waals surface area contributed by atoms with Gasteiger partial charge in [0.1, 0.15) is 0 Å². The van der Waals surface area contributed by atoms with Crippen LogP contribution in [0.5, 0.6) is 0 Å². The van der Waals surface area contributed by atoms with Crippen LogP contribution in [0.4, 0.5) is 0 Å². The number of rotatable bonds is 4. The average molecular weight is 402 g/mol. The van der Waals surface area contributed by atoms with Gasteiger partial charge < -0.3 is 0 Å². The van der Waals surface area contributed by atoms with Crippen LogP contribution in [-0.2, 0) is 17.1 Å². The molecule has 126 valence electrons. The molecule has 4 rings (SSSR count). The van der Waals surface area contributed by atoms with Crippen molar-refractivity contribution in [2.24, 2.45) is 0 Å². The molecule has 0 aliphatic heterocycles. The Kier molecular flexibility index (Phi) is 8.88. The van der Waals surface area contributed by atoms with Gasteiger partial charge in [0.05, 0.1) is 0 Å². The molecule has 4 aromatic rings. The van der Waals surface area contributed by atoms with Crippen LogP contribution in [0, 0.1) is 0 Å². The standard InChI is InChI=1S/2C11H10P.Fe/c2*1-2-6-10(7-3-1)12-11-8-4-5-9-11;/h2*1-9,12H;/q2*-1;+2. The zero-order chi connectivity index (χ0) is 16.5. The first-order valence-corrected chi connectivity index (χ1v) is 9.98. The van der Waals surface area contributed by atoms with Gasteiger partial charge in [-0.05, 0) is 10.6 Å². The van der Waals surface area contributed by atoms with E-state index in [4.69, 9.17) is 0 Å².